The maximum atomic E-state index is 14.1. The summed E-state index contributed by atoms with van der Waals surface area (Å²) in [6, 6.07) is -0.666. The molecule has 0 radical (unpaired) electrons. The molecule has 0 spiro atoms. The minimum Gasteiger partial charge on any atom is -0.395 e. The Morgan fingerprint density at radius 1 is 0.591 bits per heavy atom. The van der Waals surface area contributed by atoms with Crippen LogP contribution in [0.3, 0.4) is 0 Å². The number of urea groups is 2. The van der Waals surface area contributed by atoms with Crippen LogP contribution < -0.4 is 17.1 Å². The average Bonchev–Trinajstić information content (AvgIpc) is 3.30. The summed E-state index contributed by atoms with van der Waals surface area (Å²) in [7, 11) is 4.40. The summed E-state index contributed by atoms with van der Waals surface area (Å²) in [6.45, 7) is 4.58. The van der Waals surface area contributed by atoms with Crippen molar-refractivity contribution in [1.29, 1.82) is 0 Å². The van der Waals surface area contributed by atoms with Crippen LogP contribution in [0, 0.1) is 0 Å². The molecule has 44 heavy (non-hydrogen) atoms. The molecular formula is C27H47N7O10. The number of aliphatic hydroxyl groups is 1. The number of carbonyl (C=O) groups is 2. The van der Waals surface area contributed by atoms with E-state index >= 15 is 0 Å². The second kappa shape index (κ2) is 15.2. The third-order valence-corrected chi connectivity index (χ3v) is 8.29. The molecule has 2 aliphatic heterocycles. The summed E-state index contributed by atoms with van der Waals surface area (Å²) >= 11 is 0. The first-order chi connectivity index (χ1) is 21.1. The number of fused-ring (bicyclic) bond motifs is 1. The van der Waals surface area contributed by atoms with Crippen molar-refractivity contribution in [3.63, 3.8) is 0 Å². The number of hydrogen-bond acceptors (Lipinski definition) is 10. The number of carbonyl (C=O) groups excluding carboxylic acids is 2. The van der Waals surface area contributed by atoms with Gasteiger partial charge in [0.1, 0.15) is 20.2 Å². The zero-order valence-corrected chi connectivity index (χ0v) is 26.7. The van der Waals surface area contributed by atoms with E-state index in [-0.39, 0.29) is 65.1 Å². The van der Waals surface area contributed by atoms with Crippen molar-refractivity contribution >= 4 is 12.1 Å². The monoisotopic (exact) mass is 629 g/mol. The smallest absolute Gasteiger partial charge is 0.336 e. The Labute approximate surface area is 256 Å². The van der Waals surface area contributed by atoms with Gasteiger partial charge in [0.05, 0.1) is 39.5 Å². The van der Waals surface area contributed by atoms with Gasteiger partial charge in [0.15, 0.2) is 11.3 Å². The maximum Gasteiger partial charge on any atom is 0.336 e. The molecule has 2 aliphatic rings. The molecule has 1 aromatic rings. The Balaban J connectivity index is 2.01. The fourth-order valence-corrected chi connectivity index (χ4v) is 6.71. The highest BCUT2D eigenvalue weighted by Gasteiger charge is 2.77. The molecule has 2 atom stereocenters. The van der Waals surface area contributed by atoms with Crippen LogP contribution >= 0.6 is 0 Å². The molecule has 17 heteroatoms. The first-order valence-corrected chi connectivity index (χ1v) is 14.9. The fraction of sp³-hybridized carbons (Fsp3) is 0.815. The molecule has 1 aromatic heterocycles. The Bertz CT molecular complexity index is 1330. The molecule has 17 nitrogen and oxygen atoms in total. The van der Waals surface area contributed by atoms with Crippen molar-refractivity contribution in [2.24, 2.45) is 0 Å². The number of aliphatic hydroxyl groups excluding tert-OH is 1. The molecule has 0 saturated carbocycles. The van der Waals surface area contributed by atoms with Gasteiger partial charge in [-0.05, 0) is 19.8 Å². The number of methoxy groups -OCH3 is 3. The SMILES string of the molecule is CCCC12N(CC)C(=O)N(COCCn3c(=O)n(CCO)c(=O)n(CCOC)c3=O)C1(CCC)N(COC)C(=O)N2COC. The van der Waals surface area contributed by atoms with Gasteiger partial charge in [-0.2, -0.15) is 0 Å². The Morgan fingerprint density at radius 3 is 1.45 bits per heavy atom. The molecule has 2 unspecified atom stereocenters. The van der Waals surface area contributed by atoms with Gasteiger partial charge >= 0.3 is 29.1 Å². The largest absolute Gasteiger partial charge is 0.395 e. The third-order valence-electron chi connectivity index (χ3n) is 8.29. The molecule has 0 aromatic carbocycles. The molecular weight excluding hydrogens is 582 g/mol. The molecule has 0 bridgehead atoms. The van der Waals surface area contributed by atoms with Crippen molar-refractivity contribution in [3.8, 4) is 0 Å². The maximum absolute atomic E-state index is 14.1. The van der Waals surface area contributed by atoms with Gasteiger partial charge in [0.2, 0.25) is 0 Å². The number of nitrogens with zero attached hydrogens (tertiary/aromatic N) is 7. The van der Waals surface area contributed by atoms with E-state index in [2.05, 4.69) is 0 Å². The van der Waals surface area contributed by atoms with Crippen molar-refractivity contribution in [2.45, 2.75) is 77.4 Å². The van der Waals surface area contributed by atoms with Crippen molar-refractivity contribution in [1.82, 2.24) is 33.3 Å². The van der Waals surface area contributed by atoms with E-state index in [0.717, 1.165) is 13.7 Å². The van der Waals surface area contributed by atoms with Gasteiger partial charge in [-0.15, -0.1) is 0 Å². The lowest BCUT2D eigenvalue weighted by atomic mass is 9.84. The molecule has 3 rings (SSSR count). The predicted molar refractivity (Wildman–Crippen MR) is 157 cm³/mol. The van der Waals surface area contributed by atoms with Crippen LogP contribution in [0.25, 0.3) is 0 Å². The van der Waals surface area contributed by atoms with Crippen LogP contribution in [-0.2, 0) is 38.6 Å². The molecule has 3 heterocycles. The Hall–Kier alpha value is -3.25. The summed E-state index contributed by atoms with van der Waals surface area (Å²) in [5.74, 6) is 0. The highest BCUT2D eigenvalue weighted by Crippen LogP contribution is 2.55. The number of rotatable bonds is 19. The average molecular weight is 630 g/mol. The number of aromatic nitrogens is 3. The number of amides is 4. The summed E-state index contributed by atoms with van der Waals surface area (Å²) in [5, 5.41) is 9.40. The van der Waals surface area contributed by atoms with Gasteiger partial charge in [-0.25, -0.2) is 37.7 Å². The number of likely N-dealkylation sites (N-methyl/N-ethyl adjacent to an activating group) is 1. The van der Waals surface area contributed by atoms with E-state index in [0.29, 0.717) is 32.2 Å². The zero-order valence-electron chi connectivity index (χ0n) is 26.7. The van der Waals surface area contributed by atoms with Crippen LogP contribution in [0.1, 0.15) is 46.5 Å². The van der Waals surface area contributed by atoms with Crippen molar-refractivity contribution < 1.29 is 33.6 Å². The Morgan fingerprint density at radius 2 is 1.02 bits per heavy atom. The normalized spacial score (nSPS) is 21.7. The number of hydrogen-bond donors (Lipinski definition) is 1. The van der Waals surface area contributed by atoms with E-state index < -0.39 is 35.0 Å². The molecule has 0 aliphatic carbocycles. The standard InChI is InChI=1S/C27H47N7O10/c1-7-10-26-27(11-8-2,33(19-43-6)25(40)32(26)18-42-5)34(24(39)31(26)9-3)20-44-17-14-30-22(37)28(12-15-35)21(36)29(23(30)38)13-16-41-4/h35H,7-20H2,1-6H3. The second-order valence-corrected chi connectivity index (χ2v) is 10.6. The lowest BCUT2D eigenvalue weighted by molar-refractivity contribution is -0.131. The highest BCUT2D eigenvalue weighted by molar-refractivity contribution is 5.88. The third kappa shape index (κ3) is 5.55. The van der Waals surface area contributed by atoms with Crippen LogP contribution in [0.15, 0.2) is 14.4 Å². The molecule has 2 fully saturated rings. The molecule has 4 amide bonds. The van der Waals surface area contributed by atoms with E-state index in [1.807, 2.05) is 20.8 Å². The van der Waals surface area contributed by atoms with Gasteiger partial charge in [-0.3, -0.25) is 19.6 Å². The topological polar surface area (TPSA) is 170 Å². The number of ether oxygens (including phenoxy) is 4. The van der Waals surface area contributed by atoms with Crippen molar-refractivity contribution in [3.05, 3.63) is 31.5 Å². The Kier molecular flexibility index (Phi) is 12.1. The van der Waals surface area contributed by atoms with Gasteiger partial charge in [0.25, 0.3) is 0 Å². The lowest BCUT2D eigenvalue weighted by Gasteiger charge is -2.49. The van der Waals surface area contributed by atoms with Crippen LogP contribution in [0.2, 0.25) is 0 Å². The van der Waals surface area contributed by atoms with Crippen LogP contribution in [-0.4, -0.2) is 130 Å². The van der Waals surface area contributed by atoms with Gasteiger partial charge < -0.3 is 24.1 Å². The molecule has 2 saturated heterocycles. The lowest BCUT2D eigenvalue weighted by Crippen LogP contribution is -2.68. The summed E-state index contributed by atoms with van der Waals surface area (Å²) in [4.78, 5) is 73.3. The predicted octanol–water partition coefficient (Wildman–Crippen LogP) is -0.520. The zero-order chi connectivity index (χ0) is 32.7. The van der Waals surface area contributed by atoms with E-state index in [9.17, 15) is 29.1 Å². The van der Waals surface area contributed by atoms with Gasteiger partial charge in [0, 0.05) is 27.9 Å². The van der Waals surface area contributed by atoms with E-state index in [4.69, 9.17) is 18.9 Å². The van der Waals surface area contributed by atoms with E-state index in [1.54, 1.807) is 14.7 Å². The fourth-order valence-electron chi connectivity index (χ4n) is 6.71. The quantitative estimate of drug-likeness (QED) is 0.197. The van der Waals surface area contributed by atoms with Crippen LogP contribution in [0.4, 0.5) is 9.59 Å². The minimum absolute atomic E-state index is 0.0369. The van der Waals surface area contributed by atoms with Crippen molar-refractivity contribution in [2.75, 3.05) is 67.9 Å². The highest BCUT2D eigenvalue weighted by atomic mass is 16.5. The van der Waals surface area contributed by atoms with E-state index in [1.165, 1.54) is 26.2 Å². The van der Waals surface area contributed by atoms with Crippen LogP contribution in [0.5, 0.6) is 0 Å². The minimum atomic E-state index is -1.17. The summed E-state index contributed by atoms with van der Waals surface area (Å²) < 4.78 is 24.4. The molecule has 250 valence electrons. The summed E-state index contributed by atoms with van der Waals surface area (Å²) in [6.07, 6.45) is 2.19. The summed E-state index contributed by atoms with van der Waals surface area (Å²) in [5.41, 5.74) is -4.81. The second-order valence-electron chi connectivity index (χ2n) is 10.6. The van der Waals surface area contributed by atoms with Gasteiger partial charge in [-0.1, -0.05) is 26.7 Å². The first kappa shape index (κ1) is 35.2. The first-order valence-electron chi connectivity index (χ1n) is 14.9. The molecule has 1 N–H and O–H groups in total.